The minimum absolute atomic E-state index is 0.665. The van der Waals surface area contributed by atoms with Crippen LogP contribution in [-0.2, 0) is 17.8 Å². The first-order chi connectivity index (χ1) is 15.4. The lowest BCUT2D eigenvalue weighted by atomic mass is 9.82. The first kappa shape index (κ1) is 21.6. The molecule has 32 heavy (non-hydrogen) atoms. The van der Waals surface area contributed by atoms with Crippen LogP contribution in [0.4, 0.5) is 0 Å². The molecule has 5 rings (SSSR count). The average Bonchev–Trinajstić information content (AvgIpc) is 3.46. The van der Waals surface area contributed by atoms with Crippen molar-refractivity contribution in [1.29, 1.82) is 0 Å². The number of ether oxygens (including phenoxy) is 1. The summed E-state index contributed by atoms with van der Waals surface area (Å²) < 4.78 is 5.65. The summed E-state index contributed by atoms with van der Waals surface area (Å²) in [5, 5.41) is 0. The molecule has 0 spiro atoms. The Labute approximate surface area is 194 Å². The van der Waals surface area contributed by atoms with Crippen molar-refractivity contribution in [2.75, 3.05) is 26.2 Å². The molecule has 0 N–H and O–H groups in total. The van der Waals surface area contributed by atoms with E-state index in [1.807, 2.05) is 0 Å². The first-order valence-electron chi connectivity index (χ1n) is 12.4. The van der Waals surface area contributed by atoms with Gasteiger partial charge in [0.2, 0.25) is 0 Å². The lowest BCUT2D eigenvalue weighted by Gasteiger charge is -2.36. The Bertz CT molecular complexity index is 993. The monoisotopic (exact) mass is 430 g/mol. The topological polar surface area (TPSA) is 15.7 Å². The predicted octanol–water partition coefficient (Wildman–Crippen LogP) is 6.21. The van der Waals surface area contributed by atoms with Gasteiger partial charge in [0.15, 0.2) is 0 Å². The van der Waals surface area contributed by atoms with Crippen molar-refractivity contribution < 1.29 is 4.74 Å². The summed E-state index contributed by atoms with van der Waals surface area (Å²) in [6, 6.07) is 4.49. The summed E-state index contributed by atoms with van der Waals surface area (Å²) in [6.45, 7) is 22.7. The molecule has 0 aromatic heterocycles. The second-order valence-electron chi connectivity index (χ2n) is 10.2. The van der Waals surface area contributed by atoms with Gasteiger partial charge in [-0.15, -0.1) is 0 Å². The Balaban J connectivity index is 1.14. The number of hydrogen-bond acceptors (Lipinski definition) is 3. The molecule has 2 saturated heterocycles. The maximum Gasteiger partial charge on any atom is 0.120 e. The summed E-state index contributed by atoms with van der Waals surface area (Å²) in [6.07, 6.45) is 7.28. The van der Waals surface area contributed by atoms with Gasteiger partial charge >= 0.3 is 0 Å². The van der Waals surface area contributed by atoms with Gasteiger partial charge in [-0.05, 0) is 88.1 Å². The highest BCUT2D eigenvalue weighted by molar-refractivity contribution is 5.66. The molecule has 1 atom stereocenters. The van der Waals surface area contributed by atoms with E-state index in [2.05, 4.69) is 55.5 Å². The van der Waals surface area contributed by atoms with Crippen molar-refractivity contribution >= 4 is 5.76 Å². The summed E-state index contributed by atoms with van der Waals surface area (Å²) in [7, 11) is 0. The number of piperidine rings is 1. The maximum absolute atomic E-state index is 5.65. The number of allylic oxidation sites excluding steroid dienone is 4. The van der Waals surface area contributed by atoms with E-state index in [0.717, 1.165) is 44.0 Å². The molecule has 4 aliphatic rings. The van der Waals surface area contributed by atoms with E-state index in [-0.39, 0.29) is 0 Å². The van der Waals surface area contributed by atoms with E-state index in [0.29, 0.717) is 12.5 Å². The van der Waals surface area contributed by atoms with Gasteiger partial charge < -0.3 is 14.5 Å². The van der Waals surface area contributed by atoms with Crippen LogP contribution in [-0.4, -0.2) is 36.0 Å². The van der Waals surface area contributed by atoms with Gasteiger partial charge in [0, 0.05) is 41.5 Å². The minimum Gasteiger partial charge on any atom is -0.489 e. The molecule has 0 radical (unpaired) electrons. The van der Waals surface area contributed by atoms with Crippen LogP contribution in [0.15, 0.2) is 54.4 Å². The van der Waals surface area contributed by atoms with Gasteiger partial charge in [-0.1, -0.05) is 37.4 Å². The van der Waals surface area contributed by atoms with E-state index in [1.165, 1.54) is 77.1 Å². The number of hydrogen-bond donors (Lipinski definition) is 0. The second kappa shape index (κ2) is 8.59. The Kier molecular flexibility index (Phi) is 5.79. The number of fused-ring (bicyclic) bond motifs is 1. The van der Waals surface area contributed by atoms with Crippen molar-refractivity contribution in [3.63, 3.8) is 0 Å². The Morgan fingerprint density at radius 1 is 1.00 bits per heavy atom. The number of benzene rings is 1. The summed E-state index contributed by atoms with van der Waals surface area (Å²) in [5.41, 5.74) is 11.0. The zero-order valence-electron chi connectivity index (χ0n) is 20.0. The van der Waals surface area contributed by atoms with Crippen LogP contribution in [0.5, 0.6) is 0 Å². The molecule has 1 aromatic carbocycles. The summed E-state index contributed by atoms with van der Waals surface area (Å²) in [4.78, 5) is 5.21. The maximum atomic E-state index is 5.65. The highest BCUT2D eigenvalue weighted by Crippen LogP contribution is 2.43. The molecule has 1 aliphatic carbocycles. The smallest absolute Gasteiger partial charge is 0.120 e. The molecular formula is C29H38N2O. The standard InChI is InChI=1S/C29H38N2O/c1-19-6-9-29(20(19)2)31-17-13-26(22(31)4)25-11-15-30(16-12-25)14-10-24-7-8-27-23(5)32-18-28(27)21(24)3/h7-8,25-26H,1,4-6,9-18H2,2-3H3. The van der Waals surface area contributed by atoms with Gasteiger partial charge in [0.1, 0.15) is 12.4 Å². The van der Waals surface area contributed by atoms with Crippen LogP contribution in [0.25, 0.3) is 5.76 Å². The number of likely N-dealkylation sites (tertiary alicyclic amines) is 2. The molecule has 1 unspecified atom stereocenters. The largest absolute Gasteiger partial charge is 0.489 e. The van der Waals surface area contributed by atoms with Crippen molar-refractivity contribution in [2.45, 2.75) is 59.0 Å². The normalized spacial score (nSPS) is 24.6. The molecule has 3 nitrogen and oxygen atoms in total. The van der Waals surface area contributed by atoms with Crippen LogP contribution in [0.3, 0.4) is 0 Å². The zero-order chi connectivity index (χ0) is 22.4. The van der Waals surface area contributed by atoms with Gasteiger partial charge in [-0.2, -0.15) is 0 Å². The van der Waals surface area contributed by atoms with E-state index in [4.69, 9.17) is 4.74 Å². The molecular weight excluding hydrogens is 392 g/mol. The van der Waals surface area contributed by atoms with Crippen molar-refractivity contribution in [2.24, 2.45) is 11.8 Å². The van der Waals surface area contributed by atoms with Crippen molar-refractivity contribution in [3.05, 3.63) is 76.7 Å². The summed E-state index contributed by atoms with van der Waals surface area (Å²) >= 11 is 0. The molecule has 1 aromatic rings. The van der Waals surface area contributed by atoms with E-state index in [9.17, 15) is 0 Å². The van der Waals surface area contributed by atoms with Gasteiger partial charge in [-0.25, -0.2) is 0 Å². The lowest BCUT2D eigenvalue weighted by molar-refractivity contribution is 0.160. The molecule has 0 bridgehead atoms. The fourth-order valence-electron chi connectivity index (χ4n) is 6.40. The number of nitrogens with zero attached hydrogens (tertiary/aromatic N) is 2. The van der Waals surface area contributed by atoms with Crippen LogP contribution >= 0.6 is 0 Å². The second-order valence-corrected chi connectivity index (χ2v) is 10.2. The van der Waals surface area contributed by atoms with Crippen LogP contribution in [0.1, 0.15) is 61.3 Å². The highest BCUT2D eigenvalue weighted by Gasteiger charge is 2.36. The van der Waals surface area contributed by atoms with E-state index in [1.54, 1.807) is 0 Å². The van der Waals surface area contributed by atoms with E-state index < -0.39 is 0 Å². The molecule has 170 valence electrons. The third-order valence-corrected chi connectivity index (χ3v) is 8.69. The quantitative estimate of drug-likeness (QED) is 0.552. The van der Waals surface area contributed by atoms with Crippen LogP contribution in [0.2, 0.25) is 0 Å². The Morgan fingerprint density at radius 3 is 2.50 bits per heavy atom. The zero-order valence-corrected chi connectivity index (χ0v) is 20.0. The molecule has 3 heterocycles. The average molecular weight is 431 g/mol. The van der Waals surface area contributed by atoms with E-state index >= 15 is 0 Å². The predicted molar refractivity (Wildman–Crippen MR) is 133 cm³/mol. The Hall–Kier alpha value is -2.26. The van der Waals surface area contributed by atoms with Gasteiger partial charge in [0.05, 0.1) is 0 Å². The first-order valence-corrected chi connectivity index (χ1v) is 12.4. The molecule has 3 heteroatoms. The summed E-state index contributed by atoms with van der Waals surface area (Å²) in [5.74, 6) is 2.28. The van der Waals surface area contributed by atoms with Gasteiger partial charge in [-0.3, -0.25) is 0 Å². The van der Waals surface area contributed by atoms with Crippen LogP contribution < -0.4 is 0 Å². The van der Waals surface area contributed by atoms with Gasteiger partial charge in [0.25, 0.3) is 0 Å². The highest BCUT2D eigenvalue weighted by atomic mass is 16.5. The number of rotatable bonds is 5. The fourth-order valence-corrected chi connectivity index (χ4v) is 6.40. The molecule has 0 saturated carbocycles. The fraction of sp³-hybridized carbons (Fsp3) is 0.517. The SMILES string of the molecule is C=C1CCC(N2CCC(C3CCN(CCc4ccc5c(c4C)COC5=C)CC3)C2=C)=C1C. The van der Waals surface area contributed by atoms with Crippen LogP contribution in [0, 0.1) is 18.8 Å². The Morgan fingerprint density at radius 2 is 1.78 bits per heavy atom. The van der Waals surface area contributed by atoms with Crippen molar-refractivity contribution in [3.8, 4) is 0 Å². The lowest BCUT2D eigenvalue weighted by Crippen LogP contribution is -2.37. The third kappa shape index (κ3) is 3.75. The van der Waals surface area contributed by atoms with Crippen molar-refractivity contribution in [1.82, 2.24) is 9.80 Å². The third-order valence-electron chi connectivity index (χ3n) is 8.69. The molecule has 2 fully saturated rings. The minimum atomic E-state index is 0.665. The molecule has 0 amide bonds. The molecule has 3 aliphatic heterocycles.